The molecule has 0 radical (unpaired) electrons. The SMILES string of the molecule is CC1(C(F)(F)F)NC(=O)N(CC(=O)C2CCCC2)C1=O. The Morgan fingerprint density at radius 1 is 1.35 bits per heavy atom. The van der Waals surface area contributed by atoms with E-state index in [9.17, 15) is 27.6 Å². The van der Waals surface area contributed by atoms with Crippen LogP contribution in [0.2, 0.25) is 0 Å². The first-order chi connectivity index (χ1) is 9.17. The Hall–Kier alpha value is -1.60. The zero-order valence-electron chi connectivity index (χ0n) is 10.9. The third kappa shape index (κ3) is 2.27. The molecule has 20 heavy (non-hydrogen) atoms. The molecule has 1 saturated heterocycles. The van der Waals surface area contributed by atoms with Crippen molar-refractivity contribution in [3.8, 4) is 0 Å². The molecule has 0 spiro atoms. The number of alkyl halides is 3. The summed E-state index contributed by atoms with van der Waals surface area (Å²) in [6, 6.07) is -1.17. The van der Waals surface area contributed by atoms with Crippen molar-refractivity contribution in [2.24, 2.45) is 5.92 Å². The minimum atomic E-state index is -4.90. The molecule has 112 valence electrons. The van der Waals surface area contributed by atoms with E-state index in [1.54, 1.807) is 5.32 Å². The van der Waals surface area contributed by atoms with Gasteiger partial charge in [-0.3, -0.25) is 14.5 Å². The monoisotopic (exact) mass is 292 g/mol. The van der Waals surface area contributed by atoms with E-state index in [1.807, 2.05) is 0 Å². The molecule has 1 heterocycles. The minimum Gasteiger partial charge on any atom is -0.316 e. The largest absolute Gasteiger partial charge is 0.420 e. The Morgan fingerprint density at radius 2 is 1.90 bits per heavy atom. The average Bonchev–Trinajstić information content (AvgIpc) is 2.92. The summed E-state index contributed by atoms with van der Waals surface area (Å²) in [7, 11) is 0. The standard InChI is InChI=1S/C12H15F3N2O3/c1-11(12(13,14)15)9(19)17(10(20)16-11)6-8(18)7-4-2-3-5-7/h7H,2-6H2,1H3,(H,16,20). The van der Waals surface area contributed by atoms with Crippen LogP contribution in [0.15, 0.2) is 0 Å². The summed E-state index contributed by atoms with van der Waals surface area (Å²) < 4.78 is 38.5. The molecule has 5 nitrogen and oxygen atoms in total. The van der Waals surface area contributed by atoms with Gasteiger partial charge in [-0.25, -0.2) is 4.79 Å². The summed E-state index contributed by atoms with van der Waals surface area (Å²) in [5.41, 5.74) is -2.94. The van der Waals surface area contributed by atoms with Crippen molar-refractivity contribution in [3.63, 3.8) is 0 Å². The normalized spacial score (nSPS) is 28.1. The Morgan fingerprint density at radius 3 is 2.35 bits per heavy atom. The number of Topliss-reactive ketones (excluding diaryl/α,β-unsaturated/α-hetero) is 1. The van der Waals surface area contributed by atoms with Gasteiger partial charge in [-0.2, -0.15) is 13.2 Å². The molecule has 2 fully saturated rings. The van der Waals surface area contributed by atoms with Crippen LogP contribution in [0.5, 0.6) is 0 Å². The van der Waals surface area contributed by atoms with Gasteiger partial charge < -0.3 is 5.32 Å². The summed E-state index contributed by atoms with van der Waals surface area (Å²) in [5.74, 6) is -2.02. The average molecular weight is 292 g/mol. The zero-order valence-corrected chi connectivity index (χ0v) is 10.9. The van der Waals surface area contributed by atoms with E-state index < -0.39 is 30.2 Å². The lowest BCUT2D eigenvalue weighted by Gasteiger charge is -2.24. The lowest BCUT2D eigenvalue weighted by molar-refractivity contribution is -0.191. The molecule has 3 amide bonds. The molecule has 1 aliphatic carbocycles. The Balaban J connectivity index is 2.11. The predicted molar refractivity (Wildman–Crippen MR) is 61.7 cm³/mol. The van der Waals surface area contributed by atoms with Crippen molar-refractivity contribution in [1.29, 1.82) is 0 Å². The van der Waals surface area contributed by atoms with Crippen LogP contribution in [-0.2, 0) is 9.59 Å². The molecule has 1 unspecified atom stereocenters. The quantitative estimate of drug-likeness (QED) is 0.804. The summed E-state index contributed by atoms with van der Waals surface area (Å²) in [6.45, 7) is 0.0221. The molecule has 1 atom stereocenters. The third-order valence-electron chi connectivity index (χ3n) is 3.97. The van der Waals surface area contributed by atoms with Gasteiger partial charge in [0, 0.05) is 5.92 Å². The number of ketones is 1. The van der Waals surface area contributed by atoms with Gasteiger partial charge in [0.25, 0.3) is 5.91 Å². The van der Waals surface area contributed by atoms with Gasteiger partial charge >= 0.3 is 12.2 Å². The molecule has 0 aromatic carbocycles. The molecule has 0 aromatic rings. The molecular formula is C12H15F3N2O3. The number of nitrogens with one attached hydrogen (secondary N) is 1. The maximum atomic E-state index is 12.8. The van der Waals surface area contributed by atoms with Crippen LogP contribution < -0.4 is 5.32 Å². The van der Waals surface area contributed by atoms with Gasteiger partial charge in [0.2, 0.25) is 5.54 Å². The predicted octanol–water partition coefficient (Wildman–Crippen LogP) is 1.62. The highest BCUT2D eigenvalue weighted by Crippen LogP contribution is 2.35. The number of urea groups is 1. The zero-order chi connectivity index (χ0) is 15.1. The summed E-state index contributed by atoms with van der Waals surface area (Å²) in [5, 5.41) is 1.63. The third-order valence-corrected chi connectivity index (χ3v) is 3.97. The van der Waals surface area contributed by atoms with Crippen LogP contribution in [0.25, 0.3) is 0 Å². The fourth-order valence-corrected chi connectivity index (χ4v) is 2.57. The number of carbonyl (C=O) groups excluding carboxylic acids is 3. The Labute approximate surface area is 113 Å². The number of hydrogen-bond acceptors (Lipinski definition) is 3. The highest BCUT2D eigenvalue weighted by atomic mass is 19.4. The van der Waals surface area contributed by atoms with Crippen LogP contribution in [0.3, 0.4) is 0 Å². The first-order valence-electron chi connectivity index (χ1n) is 6.40. The van der Waals surface area contributed by atoms with Crippen LogP contribution in [0, 0.1) is 5.92 Å². The summed E-state index contributed by atoms with van der Waals surface area (Å²) in [6.07, 6.45) is -1.80. The molecule has 1 N–H and O–H groups in total. The fraction of sp³-hybridized carbons (Fsp3) is 0.750. The number of rotatable bonds is 3. The van der Waals surface area contributed by atoms with Crippen LogP contribution in [-0.4, -0.2) is 40.9 Å². The van der Waals surface area contributed by atoms with Crippen LogP contribution in [0.4, 0.5) is 18.0 Å². The van der Waals surface area contributed by atoms with Crippen molar-refractivity contribution in [3.05, 3.63) is 0 Å². The van der Waals surface area contributed by atoms with Gasteiger partial charge in [0.05, 0.1) is 6.54 Å². The van der Waals surface area contributed by atoms with E-state index in [-0.39, 0.29) is 11.7 Å². The van der Waals surface area contributed by atoms with E-state index in [0.29, 0.717) is 24.7 Å². The second-order valence-corrected chi connectivity index (χ2v) is 5.39. The number of hydrogen-bond donors (Lipinski definition) is 1. The second-order valence-electron chi connectivity index (χ2n) is 5.39. The van der Waals surface area contributed by atoms with Crippen molar-refractivity contribution in [2.45, 2.75) is 44.3 Å². The maximum absolute atomic E-state index is 12.8. The van der Waals surface area contributed by atoms with Gasteiger partial charge in [-0.1, -0.05) is 12.8 Å². The molecular weight excluding hydrogens is 277 g/mol. The number of nitrogens with zero attached hydrogens (tertiary/aromatic N) is 1. The fourth-order valence-electron chi connectivity index (χ4n) is 2.57. The van der Waals surface area contributed by atoms with E-state index >= 15 is 0 Å². The number of carbonyl (C=O) groups is 3. The lowest BCUT2D eigenvalue weighted by Crippen LogP contribution is -2.56. The molecule has 8 heteroatoms. The van der Waals surface area contributed by atoms with E-state index in [1.165, 1.54) is 0 Å². The highest BCUT2D eigenvalue weighted by molar-refractivity contribution is 6.09. The smallest absolute Gasteiger partial charge is 0.316 e. The topological polar surface area (TPSA) is 66.5 Å². The molecule has 0 aromatic heterocycles. The van der Waals surface area contributed by atoms with Crippen LogP contribution >= 0.6 is 0 Å². The van der Waals surface area contributed by atoms with Crippen molar-refractivity contribution in [1.82, 2.24) is 10.2 Å². The number of imide groups is 1. The van der Waals surface area contributed by atoms with Gasteiger partial charge in [0.1, 0.15) is 0 Å². The first kappa shape index (κ1) is 14.8. The van der Waals surface area contributed by atoms with Gasteiger partial charge in [0.15, 0.2) is 5.78 Å². The van der Waals surface area contributed by atoms with E-state index in [0.717, 1.165) is 12.8 Å². The first-order valence-corrected chi connectivity index (χ1v) is 6.40. The van der Waals surface area contributed by atoms with Crippen molar-refractivity contribution < 1.29 is 27.6 Å². The summed E-state index contributed by atoms with van der Waals surface area (Å²) >= 11 is 0. The van der Waals surface area contributed by atoms with Gasteiger partial charge in [-0.15, -0.1) is 0 Å². The molecule has 2 rings (SSSR count). The van der Waals surface area contributed by atoms with Crippen molar-refractivity contribution >= 4 is 17.7 Å². The van der Waals surface area contributed by atoms with Gasteiger partial charge in [-0.05, 0) is 19.8 Å². The second kappa shape index (κ2) is 4.75. The summed E-state index contributed by atoms with van der Waals surface area (Å²) in [4.78, 5) is 35.6. The van der Waals surface area contributed by atoms with Crippen molar-refractivity contribution in [2.75, 3.05) is 6.54 Å². The Kier molecular flexibility index (Phi) is 3.51. The molecule has 1 aliphatic heterocycles. The maximum Gasteiger partial charge on any atom is 0.420 e. The number of halogens is 3. The minimum absolute atomic E-state index is 0.256. The highest BCUT2D eigenvalue weighted by Gasteiger charge is 2.64. The van der Waals surface area contributed by atoms with E-state index in [2.05, 4.69) is 0 Å². The molecule has 2 aliphatic rings. The van der Waals surface area contributed by atoms with E-state index in [4.69, 9.17) is 0 Å². The van der Waals surface area contributed by atoms with Crippen LogP contribution in [0.1, 0.15) is 32.6 Å². The molecule has 0 bridgehead atoms. The lowest BCUT2D eigenvalue weighted by atomic mass is 10.0. The number of amides is 3. The molecule has 1 saturated carbocycles. The Bertz CT molecular complexity index is 457.